The van der Waals surface area contributed by atoms with E-state index in [1.165, 1.54) is 7.11 Å². The van der Waals surface area contributed by atoms with Gasteiger partial charge in [-0.25, -0.2) is 10.2 Å². The van der Waals surface area contributed by atoms with Crippen LogP contribution in [0.25, 0.3) is 0 Å². The predicted molar refractivity (Wildman–Crippen MR) is 78.1 cm³/mol. The van der Waals surface area contributed by atoms with Gasteiger partial charge in [0.2, 0.25) is 0 Å². The predicted octanol–water partition coefficient (Wildman–Crippen LogP) is 1.20. The lowest BCUT2D eigenvalue weighted by molar-refractivity contribution is -0.123. The lowest BCUT2D eigenvalue weighted by atomic mass is 10.3. The van der Waals surface area contributed by atoms with Crippen molar-refractivity contribution < 1.29 is 19.1 Å². The minimum Gasteiger partial charge on any atom is -0.493 e. The Labute approximate surface area is 124 Å². The number of carbonyl (C=O) groups excluding carboxylic acids is 2. The van der Waals surface area contributed by atoms with Gasteiger partial charge in [0.25, 0.3) is 5.91 Å². The van der Waals surface area contributed by atoms with E-state index >= 15 is 0 Å². The molecule has 0 bridgehead atoms. The topological polar surface area (TPSA) is 88.7 Å². The first kappa shape index (κ1) is 16.6. The molecule has 7 heteroatoms. The molecule has 0 radical (unpaired) electrons. The highest BCUT2D eigenvalue weighted by atomic mass is 16.5. The van der Waals surface area contributed by atoms with Gasteiger partial charge in [0.1, 0.15) is 0 Å². The Kier molecular flexibility index (Phi) is 7.49. The summed E-state index contributed by atoms with van der Waals surface area (Å²) in [5.41, 5.74) is 4.50. The van der Waals surface area contributed by atoms with E-state index in [1.807, 2.05) is 6.92 Å². The van der Waals surface area contributed by atoms with E-state index < -0.39 is 11.9 Å². The van der Waals surface area contributed by atoms with Gasteiger partial charge in [-0.05, 0) is 18.6 Å². The van der Waals surface area contributed by atoms with Crippen molar-refractivity contribution in [3.8, 4) is 11.5 Å². The van der Waals surface area contributed by atoms with Crippen LogP contribution in [0.1, 0.15) is 19.8 Å². The second kappa shape index (κ2) is 9.46. The first-order valence-corrected chi connectivity index (χ1v) is 6.75. The Morgan fingerprint density at radius 2 is 1.86 bits per heavy atom. The average Bonchev–Trinajstić information content (AvgIpc) is 2.51. The summed E-state index contributed by atoms with van der Waals surface area (Å²) < 4.78 is 10.4. The van der Waals surface area contributed by atoms with Crippen LogP contribution in [0.15, 0.2) is 24.3 Å². The number of urea groups is 1. The fraction of sp³-hybridized carbons (Fsp3) is 0.429. The first-order valence-electron chi connectivity index (χ1n) is 6.75. The monoisotopic (exact) mass is 295 g/mol. The zero-order chi connectivity index (χ0) is 15.5. The fourth-order valence-electron chi connectivity index (χ4n) is 1.47. The summed E-state index contributed by atoms with van der Waals surface area (Å²) in [6, 6.07) is 6.54. The molecule has 7 nitrogen and oxygen atoms in total. The van der Waals surface area contributed by atoms with Gasteiger partial charge >= 0.3 is 6.03 Å². The van der Waals surface area contributed by atoms with E-state index in [0.717, 1.165) is 12.8 Å². The highest BCUT2D eigenvalue weighted by molar-refractivity contribution is 5.81. The van der Waals surface area contributed by atoms with Crippen LogP contribution in [-0.2, 0) is 4.79 Å². The second-order valence-corrected chi connectivity index (χ2v) is 4.22. The lowest BCUT2D eigenvalue weighted by Crippen LogP contribution is -2.48. The number of amides is 3. The number of methoxy groups -OCH3 is 1. The molecule has 0 fully saturated rings. The zero-order valence-corrected chi connectivity index (χ0v) is 12.3. The van der Waals surface area contributed by atoms with Crippen molar-refractivity contribution in [2.24, 2.45) is 0 Å². The Hall–Kier alpha value is -2.44. The molecule has 0 heterocycles. The van der Waals surface area contributed by atoms with Crippen LogP contribution >= 0.6 is 0 Å². The molecule has 0 aromatic heterocycles. The second-order valence-electron chi connectivity index (χ2n) is 4.22. The number of carbonyl (C=O) groups is 2. The average molecular weight is 295 g/mol. The number of rotatable bonds is 7. The smallest absolute Gasteiger partial charge is 0.333 e. The van der Waals surface area contributed by atoms with Crippen molar-refractivity contribution in [1.82, 2.24) is 16.2 Å². The SMILES string of the molecule is CCCCNC(=O)NNC(=O)COc1ccccc1OC. The molecule has 116 valence electrons. The Morgan fingerprint density at radius 3 is 2.52 bits per heavy atom. The number of hydrazine groups is 1. The van der Waals surface area contributed by atoms with Crippen LogP contribution in [0, 0.1) is 0 Å². The molecule has 0 atom stereocenters. The molecule has 21 heavy (non-hydrogen) atoms. The third-order valence-corrected chi connectivity index (χ3v) is 2.56. The molecule has 1 rings (SSSR count). The van der Waals surface area contributed by atoms with Crippen molar-refractivity contribution in [3.05, 3.63) is 24.3 Å². The summed E-state index contributed by atoms with van der Waals surface area (Å²) in [6.07, 6.45) is 1.87. The molecule has 0 unspecified atom stereocenters. The Bertz CT molecular complexity index is 465. The molecular weight excluding hydrogens is 274 g/mol. The summed E-state index contributed by atoms with van der Waals surface area (Å²) in [4.78, 5) is 22.8. The number of hydrogen-bond donors (Lipinski definition) is 3. The molecule has 0 spiro atoms. The number of hydrogen-bond acceptors (Lipinski definition) is 4. The van der Waals surface area contributed by atoms with Gasteiger partial charge < -0.3 is 14.8 Å². The normalized spacial score (nSPS) is 9.62. The minimum absolute atomic E-state index is 0.227. The summed E-state index contributed by atoms with van der Waals surface area (Å²) >= 11 is 0. The van der Waals surface area contributed by atoms with Gasteiger partial charge in [0, 0.05) is 6.54 Å². The summed E-state index contributed by atoms with van der Waals surface area (Å²) in [7, 11) is 1.52. The van der Waals surface area contributed by atoms with Gasteiger partial charge in [-0.3, -0.25) is 10.2 Å². The highest BCUT2D eigenvalue weighted by Crippen LogP contribution is 2.25. The number of para-hydroxylation sites is 2. The zero-order valence-electron chi connectivity index (χ0n) is 12.3. The highest BCUT2D eigenvalue weighted by Gasteiger charge is 2.07. The third kappa shape index (κ3) is 6.51. The molecule has 1 aromatic rings. The van der Waals surface area contributed by atoms with E-state index in [0.29, 0.717) is 18.0 Å². The van der Waals surface area contributed by atoms with E-state index in [1.54, 1.807) is 24.3 Å². The molecule has 3 N–H and O–H groups in total. The number of ether oxygens (including phenoxy) is 2. The van der Waals surface area contributed by atoms with Crippen molar-refractivity contribution >= 4 is 11.9 Å². The number of nitrogens with one attached hydrogen (secondary N) is 3. The Morgan fingerprint density at radius 1 is 1.14 bits per heavy atom. The van der Waals surface area contributed by atoms with Gasteiger partial charge in [0.15, 0.2) is 18.1 Å². The molecule has 0 aliphatic rings. The van der Waals surface area contributed by atoms with Crippen LogP contribution < -0.4 is 25.6 Å². The quantitative estimate of drug-likeness (QED) is 0.521. The molecule has 0 aliphatic heterocycles. The molecule has 3 amide bonds. The van der Waals surface area contributed by atoms with E-state index in [4.69, 9.17) is 9.47 Å². The molecule has 0 aliphatic carbocycles. The van der Waals surface area contributed by atoms with E-state index in [-0.39, 0.29) is 6.61 Å². The fourth-order valence-corrected chi connectivity index (χ4v) is 1.47. The van der Waals surface area contributed by atoms with Crippen molar-refractivity contribution in [2.75, 3.05) is 20.3 Å². The summed E-state index contributed by atoms with van der Waals surface area (Å²) in [6.45, 7) is 2.36. The maximum atomic E-state index is 11.5. The largest absolute Gasteiger partial charge is 0.493 e. The molecule has 1 aromatic carbocycles. The third-order valence-electron chi connectivity index (χ3n) is 2.56. The van der Waals surface area contributed by atoms with Crippen LogP contribution in [0.2, 0.25) is 0 Å². The number of benzene rings is 1. The van der Waals surface area contributed by atoms with Crippen LogP contribution in [-0.4, -0.2) is 32.2 Å². The maximum Gasteiger partial charge on any atom is 0.333 e. The van der Waals surface area contributed by atoms with Gasteiger partial charge in [0.05, 0.1) is 7.11 Å². The first-order chi connectivity index (χ1) is 10.2. The van der Waals surface area contributed by atoms with Crippen LogP contribution in [0.4, 0.5) is 4.79 Å². The van der Waals surface area contributed by atoms with Crippen molar-refractivity contribution in [1.29, 1.82) is 0 Å². The molecule has 0 saturated heterocycles. The summed E-state index contributed by atoms with van der Waals surface area (Å²) in [5.74, 6) is 0.532. The van der Waals surface area contributed by atoms with Gasteiger partial charge in [-0.2, -0.15) is 0 Å². The van der Waals surface area contributed by atoms with Crippen LogP contribution in [0.5, 0.6) is 11.5 Å². The number of unbranched alkanes of at least 4 members (excludes halogenated alkanes) is 1. The van der Waals surface area contributed by atoms with Gasteiger partial charge in [-0.1, -0.05) is 25.5 Å². The molecule has 0 saturated carbocycles. The summed E-state index contributed by atoms with van der Waals surface area (Å²) in [5, 5.41) is 2.61. The molecular formula is C14H21N3O4. The van der Waals surface area contributed by atoms with Crippen LogP contribution in [0.3, 0.4) is 0 Å². The van der Waals surface area contributed by atoms with Gasteiger partial charge in [-0.15, -0.1) is 0 Å². The van der Waals surface area contributed by atoms with E-state index in [2.05, 4.69) is 16.2 Å². The van der Waals surface area contributed by atoms with Crippen molar-refractivity contribution in [2.45, 2.75) is 19.8 Å². The van der Waals surface area contributed by atoms with E-state index in [9.17, 15) is 9.59 Å². The maximum absolute atomic E-state index is 11.5. The lowest BCUT2D eigenvalue weighted by Gasteiger charge is -2.11. The Balaban J connectivity index is 2.26. The standard InChI is InChI=1S/C14H21N3O4/c1-3-4-9-15-14(19)17-16-13(18)10-21-12-8-6-5-7-11(12)20-2/h5-8H,3-4,9-10H2,1-2H3,(H,16,18)(H2,15,17,19). The minimum atomic E-state index is -0.466. The van der Waals surface area contributed by atoms with Crippen molar-refractivity contribution in [3.63, 3.8) is 0 Å².